The lowest BCUT2D eigenvalue weighted by molar-refractivity contribution is -0.161. The molecule has 0 radical (unpaired) electrons. The number of nitrogens with one attached hydrogen (secondary N) is 1. The number of carbonyl (C=O) groups excluding carboxylic acids is 1. The quantitative estimate of drug-likeness (QED) is 0.166. The van der Waals surface area contributed by atoms with Crippen molar-refractivity contribution in [2.75, 3.05) is 31.5 Å². The molecule has 52 heavy (non-hydrogen) atoms. The molecule has 2 aliphatic heterocycles. The van der Waals surface area contributed by atoms with Crippen LogP contribution in [0.1, 0.15) is 68.8 Å². The zero-order chi connectivity index (χ0) is 36.6. The first-order chi connectivity index (χ1) is 25.0. The Kier molecular flexibility index (Phi) is 9.96. The minimum absolute atomic E-state index is 0.169. The maximum atomic E-state index is 13.2. The number of pyridine rings is 2. The van der Waals surface area contributed by atoms with Crippen LogP contribution in [-0.4, -0.2) is 74.1 Å². The molecule has 1 aliphatic carbocycles. The van der Waals surface area contributed by atoms with Crippen molar-refractivity contribution in [1.29, 1.82) is 5.26 Å². The number of nitrogens with zero attached hydrogens (tertiary/aromatic N) is 5. The molecule has 4 heterocycles. The van der Waals surface area contributed by atoms with Gasteiger partial charge in [-0.25, -0.2) is 0 Å². The number of hydrogen-bond donors (Lipinski definition) is 3. The van der Waals surface area contributed by atoms with Crippen LogP contribution < -0.4 is 5.32 Å². The predicted molar refractivity (Wildman–Crippen MR) is 200 cm³/mol. The fourth-order valence-corrected chi connectivity index (χ4v) is 8.20. The number of benzene rings is 2. The molecule has 4 aromatic rings. The summed E-state index contributed by atoms with van der Waals surface area (Å²) in [6.45, 7) is 8.73. The van der Waals surface area contributed by atoms with E-state index in [0.29, 0.717) is 46.3 Å². The molecule has 1 spiro atoms. The number of carboxylic acid groups (broad SMARTS) is 1. The van der Waals surface area contributed by atoms with E-state index in [1.165, 1.54) is 0 Å². The van der Waals surface area contributed by atoms with Crippen LogP contribution in [-0.2, 0) is 17.9 Å². The van der Waals surface area contributed by atoms with Gasteiger partial charge in [-0.05, 0) is 102 Å². The Labute approximate surface area is 308 Å². The number of nitriles is 1. The second kappa shape index (κ2) is 14.6. The van der Waals surface area contributed by atoms with Gasteiger partial charge in [0.1, 0.15) is 11.8 Å². The van der Waals surface area contributed by atoms with Gasteiger partial charge in [-0.2, -0.15) is 5.26 Å². The number of rotatable bonds is 10. The third kappa shape index (κ3) is 7.36. The Morgan fingerprint density at radius 3 is 2.56 bits per heavy atom. The molecule has 1 atom stereocenters. The van der Waals surface area contributed by atoms with Gasteiger partial charge in [0.2, 0.25) is 0 Å². The molecule has 3 aliphatic rings. The Morgan fingerprint density at radius 2 is 1.87 bits per heavy atom. The Hall–Kier alpha value is -4.92. The van der Waals surface area contributed by atoms with Crippen LogP contribution in [0.25, 0.3) is 23.3 Å². The minimum Gasteiger partial charge on any atom is -0.481 e. The number of aliphatic hydroxyl groups excluding tert-OH is 1. The Morgan fingerprint density at radius 1 is 1.06 bits per heavy atom. The molecule has 7 rings (SSSR count). The summed E-state index contributed by atoms with van der Waals surface area (Å²) in [4.78, 5) is 37.9. The highest BCUT2D eigenvalue weighted by Gasteiger charge is 2.54. The van der Waals surface area contributed by atoms with Crippen molar-refractivity contribution in [3.63, 3.8) is 0 Å². The lowest BCUT2D eigenvalue weighted by Gasteiger charge is -2.58. The molecule has 266 valence electrons. The smallest absolute Gasteiger partial charge is 0.306 e. The van der Waals surface area contributed by atoms with Crippen molar-refractivity contribution in [3.8, 4) is 17.2 Å². The number of carbonyl (C=O) groups is 2. The zero-order valence-electron chi connectivity index (χ0n) is 29.3. The van der Waals surface area contributed by atoms with E-state index in [4.69, 9.17) is 11.6 Å². The fourth-order valence-electron chi connectivity index (χ4n) is 7.95. The number of amides is 1. The highest BCUT2D eigenvalue weighted by molar-refractivity contribution is 6.32. The van der Waals surface area contributed by atoms with Crippen molar-refractivity contribution in [2.45, 2.75) is 52.3 Å². The maximum Gasteiger partial charge on any atom is 0.306 e. The predicted octanol–water partition coefficient (Wildman–Crippen LogP) is 6.57. The zero-order valence-corrected chi connectivity index (χ0v) is 30.0. The Bertz CT molecular complexity index is 2100. The summed E-state index contributed by atoms with van der Waals surface area (Å²) in [7, 11) is 0. The van der Waals surface area contributed by atoms with E-state index in [1.54, 1.807) is 30.6 Å². The summed E-state index contributed by atoms with van der Waals surface area (Å²) in [6, 6.07) is 17.4. The van der Waals surface area contributed by atoms with E-state index >= 15 is 0 Å². The largest absolute Gasteiger partial charge is 0.481 e. The number of hydrogen-bond acceptors (Lipinski definition) is 8. The third-order valence-corrected chi connectivity index (χ3v) is 11.1. The van der Waals surface area contributed by atoms with E-state index in [2.05, 4.69) is 38.1 Å². The van der Waals surface area contributed by atoms with Gasteiger partial charge < -0.3 is 15.5 Å². The van der Waals surface area contributed by atoms with Crippen molar-refractivity contribution in [1.82, 2.24) is 19.8 Å². The van der Waals surface area contributed by atoms with Crippen molar-refractivity contribution >= 4 is 41.3 Å². The molecule has 2 aromatic carbocycles. The SMILES string of the molecule is Cc1cc(/C=C/c2nccc(-c3cccc(NC(=O)c4ccc(CN5CC[C@@H](O)C5)cn4)c3C)c2C#N)c(Cl)cc1CN1CC2(CC(C(=O)O)C2)C1. The van der Waals surface area contributed by atoms with Crippen molar-refractivity contribution < 1.29 is 19.8 Å². The highest BCUT2D eigenvalue weighted by Crippen LogP contribution is 2.52. The molecule has 1 saturated carbocycles. The molecule has 3 fully saturated rings. The molecule has 11 heteroatoms. The molecule has 0 unspecified atom stereocenters. The summed E-state index contributed by atoms with van der Waals surface area (Å²) in [5.41, 5.74) is 8.34. The summed E-state index contributed by atoms with van der Waals surface area (Å²) in [6.07, 6.45) is 9.07. The fraction of sp³-hybridized carbons (Fsp3) is 0.341. The van der Waals surface area contributed by atoms with Crippen LogP contribution >= 0.6 is 11.6 Å². The van der Waals surface area contributed by atoms with E-state index in [0.717, 1.165) is 78.8 Å². The maximum absolute atomic E-state index is 13.2. The molecule has 10 nitrogen and oxygen atoms in total. The van der Waals surface area contributed by atoms with Crippen LogP contribution in [0.3, 0.4) is 0 Å². The van der Waals surface area contributed by atoms with Gasteiger partial charge in [-0.1, -0.05) is 41.9 Å². The summed E-state index contributed by atoms with van der Waals surface area (Å²) >= 11 is 6.76. The number of halogens is 1. The van der Waals surface area contributed by atoms with Crippen molar-refractivity contribution in [3.05, 3.63) is 111 Å². The number of aromatic nitrogens is 2. The van der Waals surface area contributed by atoms with Gasteiger partial charge in [0.25, 0.3) is 5.91 Å². The van der Waals surface area contributed by atoms with Gasteiger partial charge in [0, 0.05) is 67.9 Å². The number of aliphatic hydroxyl groups is 1. The monoisotopic (exact) mass is 716 g/mol. The average Bonchev–Trinajstić information content (AvgIpc) is 3.50. The number of aliphatic carboxylic acids is 1. The first kappa shape index (κ1) is 35.5. The van der Waals surface area contributed by atoms with Gasteiger partial charge in [-0.3, -0.25) is 29.4 Å². The van der Waals surface area contributed by atoms with Crippen LogP contribution in [0.5, 0.6) is 0 Å². The van der Waals surface area contributed by atoms with Gasteiger partial charge in [-0.15, -0.1) is 0 Å². The standard InChI is InChI=1S/C41H41ClN6O4/c1-25-14-28(35(42)15-29(25)21-48-23-41(24-48)16-30(17-41)40(51)52)7-9-37-34(18-43)33(10-12-44-37)32-4-3-5-36(26(32)2)46-39(50)38-8-6-27(19-45-38)20-47-13-11-31(49)22-47/h3-10,12,14-15,19,30-31,49H,11,13,16-17,20-24H2,1-2H3,(H,46,50)(H,51,52)/b9-7+/t31-/m1/s1. The number of likely N-dealkylation sites (tertiary alicyclic amines) is 2. The van der Waals surface area contributed by atoms with E-state index < -0.39 is 5.97 Å². The third-order valence-electron chi connectivity index (χ3n) is 10.8. The normalized spacial score (nSPS) is 18.6. The number of anilines is 1. The summed E-state index contributed by atoms with van der Waals surface area (Å²) in [5, 5.41) is 32.9. The number of β-amino-alcohol motifs (C(OH)–C–C–N with tert-alkyl or cyclic N) is 1. The van der Waals surface area contributed by atoms with Gasteiger partial charge in [0.05, 0.1) is 23.3 Å². The van der Waals surface area contributed by atoms with E-state index in [1.807, 2.05) is 49.4 Å². The minimum atomic E-state index is -0.683. The topological polar surface area (TPSA) is 143 Å². The van der Waals surface area contributed by atoms with Crippen molar-refractivity contribution in [2.24, 2.45) is 11.3 Å². The summed E-state index contributed by atoms with van der Waals surface area (Å²) < 4.78 is 0. The number of aryl methyl sites for hydroxylation is 1. The number of carboxylic acids is 1. The molecular weight excluding hydrogens is 676 g/mol. The Balaban J connectivity index is 1.03. The molecule has 0 bridgehead atoms. The lowest BCUT2D eigenvalue weighted by Crippen LogP contribution is -2.62. The van der Waals surface area contributed by atoms with Crippen LogP contribution in [0, 0.1) is 36.5 Å². The lowest BCUT2D eigenvalue weighted by atomic mass is 9.57. The van der Waals surface area contributed by atoms with E-state index in [-0.39, 0.29) is 23.3 Å². The van der Waals surface area contributed by atoms with Gasteiger partial charge >= 0.3 is 5.97 Å². The summed E-state index contributed by atoms with van der Waals surface area (Å²) in [5.74, 6) is -1.21. The second-order valence-electron chi connectivity index (χ2n) is 14.6. The molecular formula is C41H41ClN6O4. The molecule has 2 aromatic heterocycles. The first-order valence-corrected chi connectivity index (χ1v) is 18.0. The molecule has 3 N–H and O–H groups in total. The second-order valence-corrected chi connectivity index (χ2v) is 15.0. The average molecular weight is 717 g/mol. The van der Waals surface area contributed by atoms with Crippen LogP contribution in [0.2, 0.25) is 5.02 Å². The molecule has 2 saturated heterocycles. The van der Waals surface area contributed by atoms with Crippen LogP contribution in [0.15, 0.2) is 60.9 Å². The highest BCUT2D eigenvalue weighted by atomic mass is 35.5. The first-order valence-electron chi connectivity index (χ1n) is 17.6. The van der Waals surface area contributed by atoms with E-state index in [9.17, 15) is 25.1 Å². The van der Waals surface area contributed by atoms with Crippen LogP contribution in [0.4, 0.5) is 5.69 Å². The van der Waals surface area contributed by atoms with Gasteiger partial charge in [0.15, 0.2) is 0 Å². The molecule has 1 amide bonds.